The quantitative estimate of drug-likeness (QED) is 0.0889. The number of nitrogens with zero attached hydrogens (tertiary/aromatic N) is 1. The van der Waals surface area contributed by atoms with E-state index in [4.69, 9.17) is 18.9 Å². The molecule has 4 N–H and O–H groups in total. The van der Waals surface area contributed by atoms with Gasteiger partial charge in [0.15, 0.2) is 17.7 Å². The van der Waals surface area contributed by atoms with Crippen LogP contribution in [0.25, 0.3) is 0 Å². The smallest absolute Gasteiger partial charge is 0.337 e. The Kier molecular flexibility index (Phi) is 11.2. The second-order valence-electron chi connectivity index (χ2n) is 9.48. The van der Waals surface area contributed by atoms with Crippen molar-refractivity contribution in [2.45, 2.75) is 32.7 Å². The third-order valence-electron chi connectivity index (χ3n) is 6.41. The van der Waals surface area contributed by atoms with E-state index < -0.39 is 24.3 Å². The van der Waals surface area contributed by atoms with E-state index in [2.05, 4.69) is 37.1 Å². The third-order valence-corrected chi connectivity index (χ3v) is 6.91. The Bertz CT molecular complexity index is 1570. The number of benzene rings is 3. The number of urea groups is 1. The Morgan fingerprint density at radius 1 is 1.11 bits per heavy atom. The van der Waals surface area contributed by atoms with Crippen LogP contribution in [0.4, 0.5) is 9.18 Å². The summed E-state index contributed by atoms with van der Waals surface area (Å²) in [6.07, 6.45) is 0.267. The highest BCUT2D eigenvalue weighted by Crippen LogP contribution is 2.35. The van der Waals surface area contributed by atoms with Crippen LogP contribution in [-0.2, 0) is 16.1 Å². The van der Waals surface area contributed by atoms with Gasteiger partial charge in [0, 0.05) is 21.3 Å². The van der Waals surface area contributed by atoms with E-state index in [1.54, 1.807) is 68.4 Å². The molecule has 0 aromatic heterocycles. The maximum atomic E-state index is 14.0. The fourth-order valence-corrected chi connectivity index (χ4v) is 4.72. The number of esters is 1. The first kappa shape index (κ1) is 32.3. The first-order chi connectivity index (χ1) is 21.2. The first-order valence-electron chi connectivity index (χ1n) is 13.6. The maximum absolute atomic E-state index is 14.0. The van der Waals surface area contributed by atoms with Crippen molar-refractivity contribution in [1.82, 2.24) is 16.1 Å². The second kappa shape index (κ2) is 15.2. The predicted octanol–water partition coefficient (Wildman–Crippen LogP) is 4.69. The first-order valence-corrected chi connectivity index (χ1v) is 14.4. The van der Waals surface area contributed by atoms with E-state index in [0.717, 1.165) is 4.47 Å². The number of methoxy groups -OCH3 is 1. The summed E-state index contributed by atoms with van der Waals surface area (Å²) in [7, 11) is 1.27. The number of hydrogen-bond donors (Lipinski definition) is 4. The number of carbonyl (C=O) groups is 2. The molecule has 2 atom stereocenters. The van der Waals surface area contributed by atoms with Crippen molar-refractivity contribution in [3.63, 3.8) is 0 Å². The lowest BCUT2D eigenvalue weighted by atomic mass is 9.95. The van der Waals surface area contributed by atoms with Crippen LogP contribution in [0.3, 0.4) is 0 Å². The minimum absolute atomic E-state index is 0.0316. The van der Waals surface area contributed by atoms with Gasteiger partial charge in [-0.15, -0.1) is 0 Å². The summed E-state index contributed by atoms with van der Waals surface area (Å²) < 4.78 is 37.0. The van der Waals surface area contributed by atoms with Crippen molar-refractivity contribution in [3.8, 4) is 17.2 Å². The molecule has 3 aromatic carbocycles. The fraction of sp³-hybridized carbons (Fsp3) is 0.258. The van der Waals surface area contributed by atoms with Gasteiger partial charge in [0.25, 0.3) is 0 Å². The molecule has 0 bridgehead atoms. The molecule has 0 saturated heterocycles. The zero-order valence-electron chi connectivity index (χ0n) is 24.2. The number of rotatable bonds is 13. The van der Waals surface area contributed by atoms with Gasteiger partial charge in [-0.2, -0.15) is 5.10 Å². The largest absolute Gasteiger partial charge is 0.490 e. The minimum atomic E-state index is -1.20. The zero-order chi connectivity index (χ0) is 31.6. The Hall–Kier alpha value is -4.62. The molecule has 0 aliphatic carbocycles. The van der Waals surface area contributed by atoms with Gasteiger partial charge in [-0.1, -0.05) is 40.2 Å². The van der Waals surface area contributed by atoms with Crippen molar-refractivity contribution in [2.24, 2.45) is 5.10 Å². The van der Waals surface area contributed by atoms with E-state index in [1.165, 1.54) is 19.4 Å². The maximum Gasteiger partial charge on any atom is 0.337 e. The average molecular weight is 672 g/mol. The Labute approximate surface area is 262 Å². The van der Waals surface area contributed by atoms with Crippen molar-refractivity contribution < 1.29 is 38.0 Å². The number of amides is 2. The van der Waals surface area contributed by atoms with Crippen molar-refractivity contribution in [1.29, 1.82) is 0 Å². The summed E-state index contributed by atoms with van der Waals surface area (Å²) in [5.74, 6) is 0.208. The number of aliphatic hydroxyl groups excluding tert-OH is 1. The highest BCUT2D eigenvalue weighted by molar-refractivity contribution is 9.10. The van der Waals surface area contributed by atoms with Crippen LogP contribution in [0.5, 0.6) is 17.2 Å². The van der Waals surface area contributed by atoms with Crippen molar-refractivity contribution in [3.05, 3.63) is 98.9 Å². The van der Waals surface area contributed by atoms with Crippen LogP contribution < -0.4 is 30.3 Å². The SMILES string of the molecule is CCOc1cc([C@@H]2NC(=O)NC(C)=C2C(=O)OC)ccc1OC[C@@H](O)N/N=C\c1cc(Br)ccc1OCc1ccccc1F. The lowest BCUT2D eigenvalue weighted by Gasteiger charge is -2.28. The van der Waals surface area contributed by atoms with Gasteiger partial charge < -0.3 is 34.7 Å². The molecule has 0 fully saturated rings. The molecule has 3 aromatic rings. The van der Waals surface area contributed by atoms with Gasteiger partial charge in [0.05, 0.1) is 31.5 Å². The summed E-state index contributed by atoms with van der Waals surface area (Å²) in [5, 5.41) is 19.9. The summed E-state index contributed by atoms with van der Waals surface area (Å²) in [5.41, 5.74) is 4.81. The minimum Gasteiger partial charge on any atom is -0.490 e. The molecule has 1 aliphatic heterocycles. The molecule has 232 valence electrons. The molecular weight excluding hydrogens is 639 g/mol. The summed E-state index contributed by atoms with van der Waals surface area (Å²) in [6.45, 7) is 3.57. The van der Waals surface area contributed by atoms with E-state index in [-0.39, 0.29) is 24.6 Å². The number of carbonyl (C=O) groups excluding carboxylic acids is 2. The molecule has 0 radical (unpaired) electrons. The van der Waals surface area contributed by atoms with E-state index >= 15 is 0 Å². The number of hydrogen-bond acceptors (Lipinski definition) is 9. The topological polar surface area (TPSA) is 140 Å². The molecule has 11 nitrogen and oxygen atoms in total. The van der Waals surface area contributed by atoms with E-state index in [1.807, 2.05) is 0 Å². The Morgan fingerprint density at radius 2 is 1.89 bits per heavy atom. The Morgan fingerprint density at radius 3 is 2.64 bits per heavy atom. The van der Waals surface area contributed by atoms with Crippen LogP contribution in [0.2, 0.25) is 0 Å². The van der Waals surface area contributed by atoms with Gasteiger partial charge >= 0.3 is 12.0 Å². The van der Waals surface area contributed by atoms with Gasteiger partial charge in [0.2, 0.25) is 0 Å². The van der Waals surface area contributed by atoms with Crippen LogP contribution in [0.1, 0.15) is 36.6 Å². The van der Waals surface area contributed by atoms with Crippen LogP contribution in [-0.4, -0.2) is 49.9 Å². The summed E-state index contributed by atoms with van der Waals surface area (Å²) >= 11 is 3.42. The van der Waals surface area contributed by atoms with Gasteiger partial charge in [-0.3, -0.25) is 5.43 Å². The van der Waals surface area contributed by atoms with Crippen LogP contribution in [0.15, 0.2) is 81.5 Å². The highest BCUT2D eigenvalue weighted by atomic mass is 79.9. The van der Waals surface area contributed by atoms with E-state index in [0.29, 0.717) is 46.2 Å². The monoisotopic (exact) mass is 670 g/mol. The molecule has 1 heterocycles. The number of allylic oxidation sites excluding steroid dienone is 1. The van der Waals surface area contributed by atoms with Crippen molar-refractivity contribution in [2.75, 3.05) is 20.3 Å². The number of hydrazone groups is 1. The molecule has 2 amide bonds. The number of aliphatic hydroxyl groups is 1. The average Bonchev–Trinajstić information content (AvgIpc) is 3.00. The number of nitrogens with one attached hydrogen (secondary N) is 3. The molecule has 0 saturated carbocycles. The molecule has 0 spiro atoms. The van der Waals surface area contributed by atoms with Gasteiger partial charge in [0.1, 0.15) is 24.8 Å². The van der Waals surface area contributed by atoms with Gasteiger partial charge in [-0.25, -0.2) is 14.0 Å². The summed E-state index contributed by atoms with van der Waals surface area (Å²) in [6, 6.07) is 15.4. The second-order valence-corrected chi connectivity index (χ2v) is 10.4. The molecule has 44 heavy (non-hydrogen) atoms. The molecule has 0 unspecified atom stereocenters. The molecule has 4 rings (SSSR count). The molecular formula is C31H32BrFN4O7. The number of ether oxygens (including phenoxy) is 4. The predicted molar refractivity (Wildman–Crippen MR) is 164 cm³/mol. The molecule has 1 aliphatic rings. The van der Waals surface area contributed by atoms with Crippen LogP contribution >= 0.6 is 15.9 Å². The van der Waals surface area contributed by atoms with Crippen LogP contribution in [0, 0.1) is 5.82 Å². The normalized spacial score (nSPS) is 15.3. The standard InChI is InChI=1S/C31H32BrFN4O7/c1-4-42-26-14-19(29-28(30(39)41-3)18(2)35-31(40)36-29)9-11-25(26)44-17-27(38)37-34-15-21-13-22(32)10-12-24(21)43-16-20-7-5-6-8-23(20)33/h5-15,27,29,37-38H,4,16-17H2,1-3H3,(H2,35,36,40)/b34-15-/t27-,29+/m1/s1. The number of halogens is 2. The zero-order valence-corrected chi connectivity index (χ0v) is 25.8. The molecule has 13 heteroatoms. The highest BCUT2D eigenvalue weighted by Gasteiger charge is 2.32. The third kappa shape index (κ3) is 8.26. The summed E-state index contributed by atoms with van der Waals surface area (Å²) in [4.78, 5) is 24.6. The lowest BCUT2D eigenvalue weighted by Crippen LogP contribution is -2.45. The lowest BCUT2D eigenvalue weighted by molar-refractivity contribution is -0.136. The Balaban J connectivity index is 1.41. The fourth-order valence-electron chi connectivity index (χ4n) is 4.34. The van der Waals surface area contributed by atoms with Crippen molar-refractivity contribution >= 4 is 34.1 Å². The van der Waals surface area contributed by atoms with Gasteiger partial charge in [-0.05, 0) is 55.8 Å². The van der Waals surface area contributed by atoms with E-state index in [9.17, 15) is 19.1 Å².